The van der Waals surface area contributed by atoms with Crippen LogP contribution in [0, 0.1) is 12.7 Å². The van der Waals surface area contributed by atoms with E-state index in [4.69, 9.17) is 0 Å². The summed E-state index contributed by atoms with van der Waals surface area (Å²) in [5.74, 6) is 0.568. The molecule has 0 bridgehead atoms. The first kappa shape index (κ1) is 19.4. The largest absolute Gasteiger partial charge is 0.357 e. The summed E-state index contributed by atoms with van der Waals surface area (Å²) in [4.78, 5) is 10.3. The van der Waals surface area contributed by atoms with Crippen LogP contribution in [-0.2, 0) is 11.8 Å². The predicted octanol–water partition coefficient (Wildman–Crippen LogP) is 3.67. The van der Waals surface area contributed by atoms with E-state index in [1.807, 2.05) is 19.2 Å². The van der Waals surface area contributed by atoms with Crippen molar-refractivity contribution in [1.29, 1.82) is 0 Å². The molecule has 0 spiro atoms. The van der Waals surface area contributed by atoms with E-state index in [1.54, 1.807) is 23.5 Å². The minimum Gasteiger partial charge on any atom is -0.357 e. The van der Waals surface area contributed by atoms with Crippen molar-refractivity contribution >= 4 is 17.3 Å². The summed E-state index contributed by atoms with van der Waals surface area (Å²) in [7, 11) is 0. The van der Waals surface area contributed by atoms with E-state index in [0.717, 1.165) is 36.0 Å². The highest BCUT2D eigenvalue weighted by molar-refractivity contribution is 7.11. The smallest absolute Gasteiger partial charge is 0.191 e. The number of hydrogen-bond acceptors (Lipinski definition) is 3. The zero-order chi connectivity index (χ0) is 18.3. The molecular weight excluding hydrogens is 335 g/mol. The van der Waals surface area contributed by atoms with Gasteiger partial charge in [0.05, 0.1) is 11.6 Å². The fourth-order valence-corrected chi connectivity index (χ4v) is 3.21. The Bertz CT molecular complexity index is 709. The Morgan fingerprint density at radius 2 is 2.12 bits per heavy atom. The van der Waals surface area contributed by atoms with Crippen LogP contribution < -0.4 is 10.6 Å². The Morgan fingerprint density at radius 3 is 2.76 bits per heavy atom. The van der Waals surface area contributed by atoms with E-state index < -0.39 is 0 Å². The molecule has 1 aromatic heterocycles. The SMILES string of the molecule is CCNC(=NCC(C)(C)c1cccc(F)c1)NCCc1ncc(C)s1. The molecule has 0 atom stereocenters. The molecule has 6 heteroatoms. The van der Waals surface area contributed by atoms with Gasteiger partial charge in [-0.2, -0.15) is 0 Å². The molecule has 2 rings (SSSR count). The summed E-state index contributed by atoms with van der Waals surface area (Å²) in [5, 5.41) is 7.73. The van der Waals surface area contributed by atoms with E-state index in [2.05, 4.69) is 41.4 Å². The number of guanidine groups is 1. The van der Waals surface area contributed by atoms with Crippen molar-refractivity contribution in [2.45, 2.75) is 39.5 Å². The number of benzene rings is 1. The highest BCUT2D eigenvalue weighted by Gasteiger charge is 2.21. The molecule has 1 aromatic carbocycles. The van der Waals surface area contributed by atoms with E-state index in [1.165, 1.54) is 10.9 Å². The number of aliphatic imine (C=N–C) groups is 1. The standard InChI is InChI=1S/C19H27FN4S/c1-5-21-18(22-10-9-17-23-12-14(2)25-17)24-13-19(3,4)15-7-6-8-16(20)11-15/h6-8,11-12H,5,9-10,13H2,1-4H3,(H2,21,22,24). The van der Waals surface area contributed by atoms with Gasteiger partial charge in [-0.1, -0.05) is 26.0 Å². The topological polar surface area (TPSA) is 49.3 Å². The Kier molecular flexibility index (Phi) is 6.93. The zero-order valence-electron chi connectivity index (χ0n) is 15.4. The van der Waals surface area contributed by atoms with Gasteiger partial charge in [0, 0.05) is 36.0 Å². The lowest BCUT2D eigenvalue weighted by molar-refractivity contribution is 0.529. The van der Waals surface area contributed by atoms with Crippen LogP contribution in [0.2, 0.25) is 0 Å². The number of nitrogens with zero attached hydrogens (tertiary/aromatic N) is 2. The number of nitrogens with one attached hydrogen (secondary N) is 2. The van der Waals surface area contributed by atoms with E-state index in [0.29, 0.717) is 6.54 Å². The molecule has 1 heterocycles. The van der Waals surface area contributed by atoms with Gasteiger partial charge >= 0.3 is 0 Å². The zero-order valence-corrected chi connectivity index (χ0v) is 16.2. The third-order valence-electron chi connectivity index (χ3n) is 3.88. The third-order valence-corrected chi connectivity index (χ3v) is 4.86. The van der Waals surface area contributed by atoms with Gasteiger partial charge in [0.1, 0.15) is 5.82 Å². The van der Waals surface area contributed by atoms with Gasteiger partial charge in [0.25, 0.3) is 0 Å². The normalized spacial score (nSPS) is 12.3. The second-order valence-corrected chi connectivity index (χ2v) is 7.95. The van der Waals surface area contributed by atoms with Crippen LogP contribution in [0.5, 0.6) is 0 Å². The number of aromatic nitrogens is 1. The van der Waals surface area contributed by atoms with Crippen molar-refractivity contribution in [1.82, 2.24) is 15.6 Å². The predicted molar refractivity (Wildman–Crippen MR) is 104 cm³/mol. The van der Waals surface area contributed by atoms with Crippen molar-refractivity contribution in [3.05, 3.63) is 51.7 Å². The Hall–Kier alpha value is -1.95. The average molecular weight is 363 g/mol. The van der Waals surface area contributed by atoms with E-state index in [-0.39, 0.29) is 11.2 Å². The van der Waals surface area contributed by atoms with Gasteiger partial charge in [0.2, 0.25) is 0 Å². The molecule has 0 saturated carbocycles. The van der Waals surface area contributed by atoms with Gasteiger partial charge in [-0.25, -0.2) is 9.37 Å². The first-order chi connectivity index (χ1) is 11.9. The van der Waals surface area contributed by atoms with Crippen molar-refractivity contribution in [3.8, 4) is 0 Å². The minimum atomic E-state index is -0.239. The quantitative estimate of drug-likeness (QED) is 0.584. The third kappa shape index (κ3) is 6.12. The van der Waals surface area contributed by atoms with Crippen LogP contribution >= 0.6 is 11.3 Å². The number of halogens is 1. The van der Waals surface area contributed by atoms with Crippen LogP contribution in [0.25, 0.3) is 0 Å². The molecule has 0 aliphatic carbocycles. The number of thiazole rings is 1. The van der Waals surface area contributed by atoms with Crippen molar-refractivity contribution in [3.63, 3.8) is 0 Å². The number of hydrogen-bond donors (Lipinski definition) is 2. The molecule has 0 aliphatic rings. The second-order valence-electron chi connectivity index (χ2n) is 6.63. The second kappa shape index (κ2) is 8.94. The van der Waals surface area contributed by atoms with Gasteiger partial charge in [-0.3, -0.25) is 4.99 Å². The maximum atomic E-state index is 13.5. The fourth-order valence-electron chi connectivity index (χ4n) is 2.42. The van der Waals surface area contributed by atoms with Gasteiger partial charge in [-0.05, 0) is 31.5 Å². The molecule has 0 unspecified atom stereocenters. The maximum absolute atomic E-state index is 13.5. The van der Waals surface area contributed by atoms with Crippen molar-refractivity contribution in [2.75, 3.05) is 19.6 Å². The summed E-state index contributed by atoms with van der Waals surface area (Å²) in [6.07, 6.45) is 2.77. The lowest BCUT2D eigenvalue weighted by Crippen LogP contribution is -2.39. The molecule has 0 amide bonds. The lowest BCUT2D eigenvalue weighted by atomic mass is 9.85. The summed E-state index contributed by atoms with van der Waals surface area (Å²) < 4.78 is 13.5. The van der Waals surface area contributed by atoms with Gasteiger partial charge in [0.15, 0.2) is 5.96 Å². The molecular formula is C19H27FN4S. The highest BCUT2D eigenvalue weighted by Crippen LogP contribution is 2.24. The Morgan fingerprint density at radius 1 is 1.32 bits per heavy atom. The monoisotopic (exact) mass is 362 g/mol. The highest BCUT2D eigenvalue weighted by atomic mass is 32.1. The summed E-state index contributed by atoms with van der Waals surface area (Å²) in [5.41, 5.74) is 0.710. The molecule has 0 radical (unpaired) electrons. The van der Waals surface area contributed by atoms with E-state index >= 15 is 0 Å². The first-order valence-electron chi connectivity index (χ1n) is 8.60. The van der Waals surface area contributed by atoms with Gasteiger partial charge < -0.3 is 10.6 Å². The molecule has 0 saturated heterocycles. The van der Waals surface area contributed by atoms with Crippen LogP contribution in [0.4, 0.5) is 4.39 Å². The maximum Gasteiger partial charge on any atom is 0.191 e. The summed E-state index contributed by atoms with van der Waals surface area (Å²) in [6.45, 7) is 10.4. The molecule has 0 fully saturated rings. The van der Waals surface area contributed by atoms with Crippen LogP contribution in [0.15, 0.2) is 35.5 Å². The summed E-state index contributed by atoms with van der Waals surface area (Å²) >= 11 is 1.72. The molecule has 136 valence electrons. The van der Waals surface area contributed by atoms with Crippen LogP contribution in [0.1, 0.15) is 36.2 Å². The molecule has 2 N–H and O–H groups in total. The lowest BCUT2D eigenvalue weighted by Gasteiger charge is -2.24. The minimum absolute atomic E-state index is 0.210. The molecule has 2 aromatic rings. The Labute approximate surface area is 153 Å². The summed E-state index contributed by atoms with van der Waals surface area (Å²) in [6, 6.07) is 6.74. The molecule has 4 nitrogen and oxygen atoms in total. The van der Waals surface area contributed by atoms with Crippen LogP contribution in [0.3, 0.4) is 0 Å². The van der Waals surface area contributed by atoms with Crippen LogP contribution in [-0.4, -0.2) is 30.6 Å². The number of aryl methyl sites for hydroxylation is 1. The van der Waals surface area contributed by atoms with E-state index in [9.17, 15) is 4.39 Å². The molecule has 0 aliphatic heterocycles. The molecule has 25 heavy (non-hydrogen) atoms. The number of rotatable bonds is 7. The van der Waals surface area contributed by atoms with Crippen molar-refractivity contribution in [2.24, 2.45) is 4.99 Å². The first-order valence-corrected chi connectivity index (χ1v) is 9.42. The Balaban J connectivity index is 1.95. The average Bonchev–Trinajstić information content (AvgIpc) is 2.98. The van der Waals surface area contributed by atoms with Gasteiger partial charge in [-0.15, -0.1) is 11.3 Å². The fraction of sp³-hybridized carbons (Fsp3) is 0.474. The van der Waals surface area contributed by atoms with Crippen molar-refractivity contribution < 1.29 is 4.39 Å².